The molecule has 58 heavy (non-hydrogen) atoms. The molecule has 0 saturated carbocycles. The minimum Gasteiger partial charge on any atom is -0.698 e. The van der Waals surface area contributed by atoms with Crippen molar-refractivity contribution < 1.29 is 25.8 Å². The number of benzene rings is 3. The number of aliphatic imine (C=N–C) groups is 1. The van der Waals surface area contributed by atoms with Gasteiger partial charge in [-0.15, -0.1) is 23.6 Å². The predicted molar refractivity (Wildman–Crippen MR) is 256 cm³/mol. The van der Waals surface area contributed by atoms with Crippen molar-refractivity contribution >= 4 is 51.9 Å². The number of allylic oxidation sites excluding steroid dienone is 2. The van der Waals surface area contributed by atoms with Crippen LogP contribution in [0, 0.1) is 0 Å². The standard InChI is InChI=1S/C24H41N4.C12H18N.C11H14N3SSi.Sc/c1-18(2)22-11-10-12-23(19(3)4)24(22)26-21(6)17-20(5)25-13-14-28(9)16-15-27(7)8;1-8(2)10-6-5-7-11(9(3)4)12(10)13;1-16(2,3)11-14-13-10(15-11)12-9-7-5-4-6-8-9;/h10-12,17-19H,13-16H2,1-9H3;5-9,13H,1-4H3;4-8H,1-3H3;/q3*-1;+3/b20-17-,26-21?;;;. The van der Waals surface area contributed by atoms with E-state index in [1.54, 1.807) is 11.3 Å². The number of para-hydroxylation sites is 2. The van der Waals surface area contributed by atoms with E-state index in [4.69, 9.17) is 16.0 Å². The van der Waals surface area contributed by atoms with Gasteiger partial charge in [0.05, 0.1) is 10.3 Å². The Hall–Kier alpha value is -2.96. The van der Waals surface area contributed by atoms with Gasteiger partial charge in [-0.2, -0.15) is 5.70 Å². The molecule has 3 aromatic carbocycles. The van der Waals surface area contributed by atoms with E-state index in [-0.39, 0.29) is 25.8 Å². The molecular weight excluding hydrogens is 782 g/mol. The Kier molecular flexibility index (Phi) is 24.0. The van der Waals surface area contributed by atoms with Gasteiger partial charge in [-0.1, -0.05) is 166 Å². The van der Waals surface area contributed by atoms with Gasteiger partial charge in [-0.05, 0) is 75.1 Å². The molecular formula is C47H73N8SScSi. The Bertz CT molecular complexity index is 1780. The van der Waals surface area contributed by atoms with Crippen LogP contribution in [0.3, 0.4) is 0 Å². The van der Waals surface area contributed by atoms with Gasteiger partial charge in [-0.3, -0.25) is 10.1 Å². The average Bonchev–Trinajstić information content (AvgIpc) is 3.61. The minimum atomic E-state index is -1.34. The van der Waals surface area contributed by atoms with E-state index in [2.05, 4.69) is 178 Å². The van der Waals surface area contributed by atoms with Crippen molar-refractivity contribution in [1.82, 2.24) is 20.0 Å². The van der Waals surface area contributed by atoms with Crippen LogP contribution in [0.4, 0.5) is 22.2 Å². The molecule has 11 heteroatoms. The van der Waals surface area contributed by atoms with Gasteiger partial charge in [-0.25, -0.2) is 0 Å². The van der Waals surface area contributed by atoms with Crippen LogP contribution in [0.15, 0.2) is 83.5 Å². The summed E-state index contributed by atoms with van der Waals surface area (Å²) in [6.45, 7) is 32.3. The van der Waals surface area contributed by atoms with Gasteiger partial charge in [0.15, 0.2) is 0 Å². The summed E-state index contributed by atoms with van der Waals surface area (Å²) in [5.41, 5.74) is 17.8. The van der Waals surface area contributed by atoms with E-state index >= 15 is 0 Å². The Morgan fingerprint density at radius 1 is 0.724 bits per heavy atom. The molecule has 0 unspecified atom stereocenters. The van der Waals surface area contributed by atoms with Crippen LogP contribution < -0.4 is 4.63 Å². The fraction of sp³-hybridized carbons (Fsp3) is 0.511. The molecule has 8 nitrogen and oxygen atoms in total. The summed E-state index contributed by atoms with van der Waals surface area (Å²) < 4.78 is 1.15. The molecule has 0 aliphatic heterocycles. The Labute approximate surface area is 377 Å². The van der Waals surface area contributed by atoms with Gasteiger partial charge in [0, 0.05) is 23.9 Å². The topological polar surface area (TPSA) is 96.6 Å². The summed E-state index contributed by atoms with van der Waals surface area (Å²) in [6.07, 6.45) is 2.10. The van der Waals surface area contributed by atoms with E-state index < -0.39 is 8.07 Å². The normalized spacial score (nSPS) is 12.1. The molecule has 0 fully saturated rings. The second kappa shape index (κ2) is 26.3. The molecule has 0 spiro atoms. The van der Waals surface area contributed by atoms with Crippen molar-refractivity contribution in [3.63, 3.8) is 0 Å². The van der Waals surface area contributed by atoms with Crippen LogP contribution in [0.2, 0.25) is 19.6 Å². The minimum absolute atomic E-state index is 0. The number of rotatable bonds is 16. The van der Waals surface area contributed by atoms with Gasteiger partial charge in [0.2, 0.25) is 0 Å². The first kappa shape index (κ1) is 53.1. The smallest absolute Gasteiger partial charge is 0.698 e. The number of aromatic nitrogens is 2. The second-order valence-electron chi connectivity index (χ2n) is 17.3. The molecule has 0 bridgehead atoms. The monoisotopic (exact) mass is 855 g/mol. The summed E-state index contributed by atoms with van der Waals surface area (Å²) in [5, 5.41) is 18.2. The molecule has 4 aromatic rings. The third-order valence-electron chi connectivity index (χ3n) is 9.23. The van der Waals surface area contributed by atoms with Crippen molar-refractivity contribution in [2.45, 2.75) is 113 Å². The van der Waals surface area contributed by atoms with Gasteiger partial charge in [0.1, 0.15) is 8.07 Å². The molecule has 4 rings (SSSR count). The first-order chi connectivity index (χ1) is 26.7. The average molecular weight is 855 g/mol. The maximum atomic E-state index is 8.01. The van der Waals surface area contributed by atoms with Crippen LogP contribution in [0.25, 0.3) is 16.4 Å². The number of nitrogens with zero attached hydrogens (tertiary/aromatic N) is 7. The molecule has 314 valence electrons. The van der Waals surface area contributed by atoms with E-state index in [1.165, 1.54) is 11.1 Å². The number of hydrogen-bond donors (Lipinski definition) is 0. The summed E-state index contributed by atoms with van der Waals surface area (Å²) in [7, 11) is 5.02. The molecule has 1 aromatic heterocycles. The predicted octanol–water partition coefficient (Wildman–Crippen LogP) is 13.8. The van der Waals surface area contributed by atoms with E-state index in [9.17, 15) is 0 Å². The molecule has 0 aliphatic carbocycles. The van der Waals surface area contributed by atoms with Gasteiger partial charge >= 0.3 is 25.8 Å². The summed E-state index contributed by atoms with van der Waals surface area (Å²) in [4.78, 5) is 9.53. The van der Waals surface area contributed by atoms with E-state index in [0.717, 1.165) is 75.5 Å². The Morgan fingerprint density at radius 2 is 1.22 bits per heavy atom. The number of likely N-dealkylation sites (N-methyl/N-ethyl adjacent to an activating group) is 2. The Morgan fingerprint density at radius 3 is 1.67 bits per heavy atom. The molecule has 0 amide bonds. The van der Waals surface area contributed by atoms with Crippen molar-refractivity contribution in [2.75, 3.05) is 47.3 Å². The summed E-state index contributed by atoms with van der Waals surface area (Å²) in [5.74, 6) is 1.81. The van der Waals surface area contributed by atoms with Crippen molar-refractivity contribution in [2.24, 2.45) is 4.99 Å². The van der Waals surface area contributed by atoms with Crippen LogP contribution in [0.5, 0.6) is 0 Å². The fourth-order valence-electron chi connectivity index (χ4n) is 5.80. The largest absolute Gasteiger partial charge is 3.00 e. The van der Waals surface area contributed by atoms with Gasteiger partial charge in [0.25, 0.3) is 0 Å². The van der Waals surface area contributed by atoms with Crippen LogP contribution >= 0.6 is 11.3 Å². The van der Waals surface area contributed by atoms with Crippen LogP contribution in [-0.4, -0.2) is 81.1 Å². The summed E-state index contributed by atoms with van der Waals surface area (Å²) >= 11 is 1.61. The molecule has 0 atom stereocenters. The molecule has 1 heterocycles. The van der Waals surface area contributed by atoms with Gasteiger partial charge < -0.3 is 31.3 Å². The quantitative estimate of drug-likeness (QED) is 0.0828. The third-order valence-corrected chi connectivity index (χ3v) is 13.4. The molecule has 0 aliphatic rings. The first-order valence-corrected chi connectivity index (χ1v) is 24.8. The summed E-state index contributed by atoms with van der Waals surface area (Å²) in [6, 6.07) is 22.6. The van der Waals surface area contributed by atoms with E-state index in [0.29, 0.717) is 23.7 Å². The zero-order chi connectivity index (χ0) is 42.9. The fourth-order valence-corrected chi connectivity index (χ4v) is 8.14. The Balaban J connectivity index is 0.000000472. The maximum Gasteiger partial charge on any atom is 3.00 e. The molecule has 1 N–H and O–H groups in total. The first-order valence-electron chi connectivity index (χ1n) is 20.5. The van der Waals surface area contributed by atoms with Crippen molar-refractivity contribution in [3.8, 4) is 0 Å². The van der Waals surface area contributed by atoms with Crippen molar-refractivity contribution in [1.29, 1.82) is 0 Å². The second-order valence-corrected chi connectivity index (χ2v) is 23.6. The molecule has 0 saturated heterocycles. The van der Waals surface area contributed by atoms with Crippen LogP contribution in [0.1, 0.15) is 115 Å². The maximum absolute atomic E-state index is 8.01. The van der Waals surface area contributed by atoms with Crippen molar-refractivity contribution in [3.05, 3.63) is 117 Å². The number of nitrogens with one attached hydrogen (secondary N) is 1. The molecule has 0 radical (unpaired) electrons. The third kappa shape index (κ3) is 19.0. The SMILES string of the molecule is CC(/C=C(/C)[N-]CCN(C)CCN(C)C)=Nc1c(C(C)C)cccc1C(C)C.CC(C)c1cccc(C(C)C)c1[NH-].C[Si](C)(C)c1nnc([N-]c2ccccc2)s1.[Sc+3]. The number of hydrogen-bond acceptors (Lipinski definition) is 6. The van der Waals surface area contributed by atoms with Crippen LogP contribution in [-0.2, 0) is 25.8 Å². The zero-order valence-electron chi connectivity index (χ0n) is 38.7. The van der Waals surface area contributed by atoms with E-state index in [1.807, 2.05) is 30.3 Å². The zero-order valence-corrected chi connectivity index (χ0v) is 42.3.